The van der Waals surface area contributed by atoms with Crippen molar-refractivity contribution in [3.05, 3.63) is 70.4 Å². The van der Waals surface area contributed by atoms with Crippen molar-refractivity contribution in [2.75, 3.05) is 23.7 Å². The van der Waals surface area contributed by atoms with Crippen LogP contribution in [0.3, 0.4) is 0 Å². The molecule has 0 atom stereocenters. The van der Waals surface area contributed by atoms with E-state index >= 15 is 0 Å². The maximum Gasteiger partial charge on any atom is 0.322 e. The van der Waals surface area contributed by atoms with Crippen LogP contribution in [0.2, 0.25) is 5.02 Å². The van der Waals surface area contributed by atoms with Crippen molar-refractivity contribution >= 4 is 35.0 Å². The number of unbranched alkanes of at least 4 members (excludes halogenated alkanes) is 1. The minimum absolute atomic E-state index is 0.0760. The Balaban J connectivity index is 1.81. The number of urea groups is 1. The Labute approximate surface area is 218 Å². The van der Waals surface area contributed by atoms with Crippen LogP contribution in [0, 0.1) is 13.8 Å². The maximum atomic E-state index is 13.2. The van der Waals surface area contributed by atoms with Gasteiger partial charge in [0.1, 0.15) is 12.4 Å². The van der Waals surface area contributed by atoms with Gasteiger partial charge in [0.2, 0.25) is 5.91 Å². The zero-order valence-corrected chi connectivity index (χ0v) is 22.7. The van der Waals surface area contributed by atoms with E-state index in [1.54, 1.807) is 21.7 Å². The Bertz CT molecular complexity index is 1210. The summed E-state index contributed by atoms with van der Waals surface area (Å²) in [5, 5.41) is 11.3. The fourth-order valence-corrected chi connectivity index (χ4v) is 3.78. The van der Waals surface area contributed by atoms with E-state index in [1.165, 1.54) is 0 Å². The molecule has 0 spiro atoms. The lowest BCUT2D eigenvalue weighted by atomic mass is 9.92. The molecule has 0 unspecified atom stereocenters. The van der Waals surface area contributed by atoms with E-state index < -0.39 is 0 Å². The number of nitrogens with one attached hydrogen (secondary N) is 2. The van der Waals surface area contributed by atoms with Crippen LogP contribution in [0.25, 0.3) is 5.69 Å². The zero-order valence-electron chi connectivity index (χ0n) is 22.0. The molecule has 0 aliphatic carbocycles. The molecule has 2 aromatic carbocycles. The molecule has 0 aliphatic heterocycles. The quantitative estimate of drug-likeness (QED) is 0.354. The first-order valence-corrected chi connectivity index (χ1v) is 12.7. The summed E-state index contributed by atoms with van der Waals surface area (Å²) in [7, 11) is 0. The number of anilines is 2. The van der Waals surface area contributed by atoms with Gasteiger partial charge in [-0.2, -0.15) is 5.10 Å². The number of aromatic nitrogens is 2. The lowest BCUT2D eigenvalue weighted by molar-refractivity contribution is -0.116. The summed E-state index contributed by atoms with van der Waals surface area (Å²) < 4.78 is 1.70. The molecular formula is C28H36ClN5O2. The number of halogens is 1. The lowest BCUT2D eigenvalue weighted by Gasteiger charge is -2.23. The van der Waals surface area contributed by atoms with Crippen molar-refractivity contribution in [1.29, 1.82) is 0 Å². The average Bonchev–Trinajstić information content (AvgIpc) is 3.24. The molecule has 0 saturated heterocycles. The molecule has 3 rings (SSSR count). The number of hydrogen-bond donors (Lipinski definition) is 2. The molecule has 7 nitrogen and oxygen atoms in total. The predicted octanol–water partition coefficient (Wildman–Crippen LogP) is 6.71. The van der Waals surface area contributed by atoms with Gasteiger partial charge in [0.05, 0.1) is 11.4 Å². The summed E-state index contributed by atoms with van der Waals surface area (Å²) in [5.74, 6) is 0.246. The second-order valence-electron chi connectivity index (χ2n) is 10.1. The third kappa shape index (κ3) is 6.88. The zero-order chi connectivity index (χ0) is 26.5. The fraction of sp³-hybridized carbons (Fsp3) is 0.393. The van der Waals surface area contributed by atoms with E-state index in [1.807, 2.05) is 50.2 Å². The third-order valence-corrected chi connectivity index (χ3v) is 6.32. The number of hydrogen-bond acceptors (Lipinski definition) is 3. The molecule has 0 saturated carbocycles. The first kappa shape index (κ1) is 27.3. The van der Waals surface area contributed by atoms with Crippen LogP contribution < -0.4 is 10.6 Å². The highest BCUT2D eigenvalue weighted by atomic mass is 35.5. The van der Waals surface area contributed by atoms with Crippen molar-refractivity contribution in [1.82, 2.24) is 14.7 Å². The molecule has 3 amide bonds. The number of carbonyl (C=O) groups excluding carboxylic acids is 2. The normalized spacial score (nSPS) is 11.3. The Kier molecular flexibility index (Phi) is 8.79. The van der Waals surface area contributed by atoms with Gasteiger partial charge in [-0.05, 0) is 61.7 Å². The van der Waals surface area contributed by atoms with Crippen molar-refractivity contribution in [2.24, 2.45) is 0 Å². The van der Waals surface area contributed by atoms with Crippen LogP contribution in [0.15, 0.2) is 48.5 Å². The molecular weight excluding hydrogens is 474 g/mol. The SMILES string of the molecule is CCCCN(CC(=O)Nc1cc(C(C)(C)C)nn1-c1ccc(Cl)cc1)C(=O)Nc1cccc(C)c1C. The van der Waals surface area contributed by atoms with Crippen LogP contribution >= 0.6 is 11.6 Å². The highest BCUT2D eigenvalue weighted by Crippen LogP contribution is 2.27. The first-order valence-electron chi connectivity index (χ1n) is 12.3. The standard InChI is InChI=1S/C28H36ClN5O2/c1-7-8-16-33(27(36)30-23-11-9-10-19(2)20(23)3)18-26(35)31-25-17-24(28(4,5)6)32-34(25)22-14-12-21(29)13-15-22/h9-15,17H,7-8,16,18H2,1-6H3,(H,30,36)(H,31,35). The monoisotopic (exact) mass is 509 g/mol. The Morgan fingerprint density at radius 1 is 1.06 bits per heavy atom. The molecule has 0 radical (unpaired) electrons. The molecule has 0 aliphatic rings. The van der Waals surface area contributed by atoms with Crippen LogP contribution in [0.5, 0.6) is 0 Å². The van der Waals surface area contributed by atoms with Crippen LogP contribution in [0.1, 0.15) is 57.4 Å². The predicted molar refractivity (Wildman–Crippen MR) is 147 cm³/mol. The fourth-order valence-electron chi connectivity index (χ4n) is 3.65. The molecule has 192 valence electrons. The number of aryl methyl sites for hydroxylation is 1. The van der Waals surface area contributed by atoms with Crippen LogP contribution in [0.4, 0.5) is 16.3 Å². The molecule has 0 bridgehead atoms. The summed E-state index contributed by atoms with van der Waals surface area (Å²) in [6.07, 6.45) is 1.71. The van der Waals surface area contributed by atoms with Gasteiger partial charge in [0.25, 0.3) is 0 Å². The molecule has 2 N–H and O–H groups in total. The van der Waals surface area contributed by atoms with Gasteiger partial charge in [-0.15, -0.1) is 0 Å². The second kappa shape index (κ2) is 11.6. The maximum absolute atomic E-state index is 13.2. The van der Waals surface area contributed by atoms with Gasteiger partial charge in [-0.25, -0.2) is 9.48 Å². The van der Waals surface area contributed by atoms with Crippen LogP contribution in [-0.2, 0) is 10.2 Å². The number of benzene rings is 2. The topological polar surface area (TPSA) is 79.3 Å². The van der Waals surface area contributed by atoms with Crippen molar-refractivity contribution in [2.45, 2.75) is 59.8 Å². The lowest BCUT2D eigenvalue weighted by Crippen LogP contribution is -2.41. The Hall–Kier alpha value is -3.32. The first-order chi connectivity index (χ1) is 17.0. The summed E-state index contributed by atoms with van der Waals surface area (Å²) >= 11 is 6.06. The van der Waals surface area contributed by atoms with E-state index in [-0.39, 0.29) is 23.9 Å². The number of rotatable bonds is 8. The van der Waals surface area contributed by atoms with E-state index in [4.69, 9.17) is 16.7 Å². The van der Waals surface area contributed by atoms with Crippen molar-refractivity contribution in [3.63, 3.8) is 0 Å². The highest BCUT2D eigenvalue weighted by Gasteiger charge is 2.23. The van der Waals surface area contributed by atoms with Gasteiger partial charge in [-0.1, -0.05) is 57.8 Å². The van der Waals surface area contributed by atoms with Gasteiger partial charge < -0.3 is 15.5 Å². The number of nitrogens with zero attached hydrogens (tertiary/aromatic N) is 3. The molecule has 3 aromatic rings. The molecule has 1 aromatic heterocycles. The molecule has 36 heavy (non-hydrogen) atoms. The van der Waals surface area contributed by atoms with E-state index in [9.17, 15) is 9.59 Å². The second-order valence-corrected chi connectivity index (χ2v) is 10.5. The van der Waals surface area contributed by atoms with Crippen molar-refractivity contribution < 1.29 is 9.59 Å². The average molecular weight is 510 g/mol. The largest absolute Gasteiger partial charge is 0.322 e. The number of amides is 3. The summed E-state index contributed by atoms with van der Waals surface area (Å²) in [6.45, 7) is 12.6. The number of carbonyl (C=O) groups is 2. The van der Waals surface area contributed by atoms with E-state index in [0.717, 1.165) is 41.0 Å². The molecule has 8 heteroatoms. The highest BCUT2D eigenvalue weighted by molar-refractivity contribution is 6.30. The smallest absolute Gasteiger partial charge is 0.315 e. The minimum Gasteiger partial charge on any atom is -0.315 e. The summed E-state index contributed by atoms with van der Waals surface area (Å²) in [6, 6.07) is 14.6. The summed E-state index contributed by atoms with van der Waals surface area (Å²) in [4.78, 5) is 27.8. The molecule has 1 heterocycles. The molecule has 0 fully saturated rings. The van der Waals surface area contributed by atoms with Gasteiger partial charge in [-0.3, -0.25) is 4.79 Å². The Morgan fingerprint density at radius 2 is 1.75 bits per heavy atom. The minimum atomic E-state index is -0.297. The van der Waals surface area contributed by atoms with Gasteiger partial charge >= 0.3 is 6.03 Å². The van der Waals surface area contributed by atoms with Crippen molar-refractivity contribution in [3.8, 4) is 5.69 Å². The third-order valence-electron chi connectivity index (χ3n) is 6.07. The van der Waals surface area contributed by atoms with Gasteiger partial charge in [0, 0.05) is 28.7 Å². The van der Waals surface area contributed by atoms with Crippen LogP contribution in [-0.4, -0.2) is 39.7 Å². The summed E-state index contributed by atoms with van der Waals surface area (Å²) in [5.41, 5.74) is 4.25. The van der Waals surface area contributed by atoms with E-state index in [2.05, 4.69) is 38.3 Å². The Morgan fingerprint density at radius 3 is 2.39 bits per heavy atom. The van der Waals surface area contributed by atoms with Gasteiger partial charge in [0.15, 0.2) is 0 Å². The van der Waals surface area contributed by atoms with E-state index in [0.29, 0.717) is 17.4 Å².